The molecule has 186 valence electrons. The Morgan fingerprint density at radius 1 is 1.15 bits per heavy atom. The van der Waals surface area contributed by atoms with Crippen LogP contribution in [0.1, 0.15) is 76.1 Å². The molecule has 0 bridgehead atoms. The van der Waals surface area contributed by atoms with Crippen LogP contribution >= 0.6 is 0 Å². The van der Waals surface area contributed by atoms with Crippen LogP contribution in [0.2, 0.25) is 0 Å². The van der Waals surface area contributed by atoms with Crippen LogP contribution in [0.25, 0.3) is 0 Å². The molecule has 8 heteroatoms. The Bertz CT molecular complexity index is 781. The van der Waals surface area contributed by atoms with Crippen molar-refractivity contribution in [2.24, 2.45) is 5.92 Å². The molecule has 0 radical (unpaired) electrons. The van der Waals surface area contributed by atoms with Gasteiger partial charge in [0.25, 0.3) is 0 Å². The average molecular weight is 470 g/mol. The molecule has 5 nitrogen and oxygen atoms in total. The fraction of sp³-hybridized carbons (Fsp3) is 0.760. The van der Waals surface area contributed by atoms with E-state index in [0.29, 0.717) is 36.3 Å². The lowest BCUT2D eigenvalue weighted by Crippen LogP contribution is -2.45. The molecule has 1 amide bonds. The van der Waals surface area contributed by atoms with Crippen molar-refractivity contribution >= 4 is 5.91 Å². The van der Waals surface area contributed by atoms with Gasteiger partial charge in [-0.15, -0.1) is 0 Å². The first-order valence-electron chi connectivity index (χ1n) is 12.5. The molecule has 4 rings (SSSR count). The molecule has 1 saturated carbocycles. The second-order valence-corrected chi connectivity index (χ2v) is 9.38. The Kier molecular flexibility index (Phi) is 9.16. The number of pyridine rings is 1. The number of hydrogen-bond donors (Lipinski definition) is 0. The van der Waals surface area contributed by atoms with Gasteiger partial charge in [-0.2, -0.15) is 13.2 Å². The number of halogens is 3. The Hall–Kier alpha value is -1.67. The minimum Gasteiger partial charge on any atom is -0.381 e. The maximum Gasteiger partial charge on any atom is 0.417 e. The number of ether oxygens (including phenoxy) is 1. The summed E-state index contributed by atoms with van der Waals surface area (Å²) in [7, 11) is 0. The predicted molar refractivity (Wildman–Crippen MR) is 122 cm³/mol. The molecule has 3 heterocycles. The van der Waals surface area contributed by atoms with Crippen molar-refractivity contribution in [1.82, 2.24) is 14.8 Å². The highest BCUT2D eigenvalue weighted by Crippen LogP contribution is 2.35. The van der Waals surface area contributed by atoms with E-state index in [0.717, 1.165) is 64.1 Å². The van der Waals surface area contributed by atoms with Crippen LogP contribution in [0.15, 0.2) is 12.3 Å². The molecule has 1 aliphatic carbocycles. The van der Waals surface area contributed by atoms with Crippen LogP contribution in [0.5, 0.6) is 0 Å². The molecule has 1 saturated heterocycles. The lowest BCUT2D eigenvalue weighted by Gasteiger charge is -2.38. The van der Waals surface area contributed by atoms with Crippen LogP contribution in [0, 0.1) is 5.92 Å². The van der Waals surface area contributed by atoms with E-state index in [1.807, 2.05) is 0 Å². The Morgan fingerprint density at radius 2 is 1.85 bits per heavy atom. The van der Waals surface area contributed by atoms with Gasteiger partial charge in [0.2, 0.25) is 5.91 Å². The number of fused-ring (bicyclic) bond motifs is 1. The molecule has 1 aromatic rings. The highest BCUT2D eigenvalue weighted by atomic mass is 19.4. The number of rotatable bonds is 4. The Balaban J connectivity index is 0.000000968. The number of carbonyl (C=O) groups is 1. The summed E-state index contributed by atoms with van der Waals surface area (Å²) < 4.78 is 44.6. The van der Waals surface area contributed by atoms with Crippen LogP contribution in [-0.2, 0) is 28.7 Å². The standard InChI is InChI=1S/C22H30F3N3O2.C3H8/c1-2-28(18-6-9-30-10-7-18)19-4-3-15(12-19)21(29)27-8-5-20-16(14-27)11-17(13-26-20)22(23,24)25;1-3-2/h11,13,15,18-19H,2-10,12,14H2,1H3;3H2,1-2H3/t15?,19-;/m1./s1. The van der Waals surface area contributed by atoms with E-state index in [-0.39, 0.29) is 18.4 Å². The first-order valence-corrected chi connectivity index (χ1v) is 12.5. The van der Waals surface area contributed by atoms with E-state index >= 15 is 0 Å². The second-order valence-electron chi connectivity index (χ2n) is 9.38. The summed E-state index contributed by atoms with van der Waals surface area (Å²) in [5, 5.41) is 0. The third-order valence-corrected chi connectivity index (χ3v) is 6.93. The monoisotopic (exact) mass is 469 g/mol. The molecule has 33 heavy (non-hydrogen) atoms. The average Bonchev–Trinajstić information content (AvgIpc) is 3.29. The van der Waals surface area contributed by atoms with Gasteiger partial charge in [0.15, 0.2) is 0 Å². The maximum absolute atomic E-state index is 13.2. The number of carbonyl (C=O) groups excluding carboxylic acids is 1. The summed E-state index contributed by atoms with van der Waals surface area (Å²) in [6.07, 6.45) is 3.03. The summed E-state index contributed by atoms with van der Waals surface area (Å²) in [4.78, 5) is 21.5. The predicted octanol–water partition coefficient (Wildman–Crippen LogP) is 5.07. The number of amides is 1. The molecule has 0 aromatic carbocycles. The number of aromatic nitrogens is 1. The van der Waals surface area contributed by atoms with Crippen molar-refractivity contribution in [3.8, 4) is 0 Å². The molecule has 3 aliphatic rings. The number of nitrogens with zero attached hydrogens (tertiary/aromatic N) is 3. The Labute approximate surface area is 195 Å². The van der Waals surface area contributed by atoms with E-state index in [2.05, 4.69) is 30.7 Å². The summed E-state index contributed by atoms with van der Waals surface area (Å²) in [5.41, 5.74) is 0.455. The molecule has 1 unspecified atom stereocenters. The third kappa shape index (κ3) is 6.47. The number of hydrogen-bond acceptors (Lipinski definition) is 4. The van der Waals surface area contributed by atoms with Gasteiger partial charge in [0, 0.05) is 62.6 Å². The molecular weight excluding hydrogens is 431 g/mol. The molecule has 1 aromatic heterocycles. The topological polar surface area (TPSA) is 45.7 Å². The van der Waals surface area contributed by atoms with Crippen molar-refractivity contribution in [2.45, 2.75) is 90.5 Å². The minimum atomic E-state index is -4.42. The summed E-state index contributed by atoms with van der Waals surface area (Å²) >= 11 is 0. The second kappa shape index (κ2) is 11.6. The zero-order valence-electron chi connectivity index (χ0n) is 20.2. The van der Waals surface area contributed by atoms with Crippen LogP contribution in [-0.4, -0.2) is 59.1 Å². The largest absolute Gasteiger partial charge is 0.417 e. The maximum atomic E-state index is 13.2. The van der Waals surface area contributed by atoms with Crippen LogP contribution in [0.3, 0.4) is 0 Å². The molecule has 2 aliphatic heterocycles. The van der Waals surface area contributed by atoms with Gasteiger partial charge in [0.1, 0.15) is 0 Å². The van der Waals surface area contributed by atoms with E-state index in [1.165, 1.54) is 6.42 Å². The highest BCUT2D eigenvalue weighted by Gasteiger charge is 2.38. The first-order chi connectivity index (χ1) is 15.8. The molecular formula is C25H38F3N3O2. The lowest BCUT2D eigenvalue weighted by molar-refractivity contribution is -0.138. The minimum absolute atomic E-state index is 0.0378. The van der Waals surface area contributed by atoms with Crippen molar-refractivity contribution < 1.29 is 22.7 Å². The Morgan fingerprint density at radius 3 is 2.48 bits per heavy atom. The summed E-state index contributed by atoms with van der Waals surface area (Å²) in [6.45, 7) is 9.76. The van der Waals surface area contributed by atoms with Gasteiger partial charge in [-0.25, -0.2) is 0 Å². The third-order valence-electron chi connectivity index (χ3n) is 6.93. The molecule has 2 fully saturated rings. The van der Waals surface area contributed by atoms with Crippen molar-refractivity contribution in [3.63, 3.8) is 0 Å². The zero-order chi connectivity index (χ0) is 24.0. The fourth-order valence-corrected chi connectivity index (χ4v) is 5.34. The van der Waals surface area contributed by atoms with Gasteiger partial charge < -0.3 is 9.64 Å². The first kappa shape index (κ1) is 25.9. The SMILES string of the molecule is CCC.CCN(C1CCOCC1)[C@@H]1CCC(C(=O)N2CCc3ncc(C(F)(F)F)cc3C2)C1. The zero-order valence-corrected chi connectivity index (χ0v) is 20.2. The summed E-state index contributed by atoms with van der Waals surface area (Å²) in [5.74, 6) is 0.0489. The lowest BCUT2D eigenvalue weighted by atomic mass is 9.99. The van der Waals surface area contributed by atoms with Gasteiger partial charge in [0.05, 0.1) is 5.56 Å². The van der Waals surface area contributed by atoms with Gasteiger partial charge in [-0.05, 0) is 50.3 Å². The normalized spacial score (nSPS) is 23.8. The van der Waals surface area contributed by atoms with Crippen molar-refractivity contribution in [2.75, 3.05) is 26.3 Å². The van der Waals surface area contributed by atoms with Gasteiger partial charge in [-0.1, -0.05) is 27.2 Å². The van der Waals surface area contributed by atoms with E-state index in [1.54, 1.807) is 4.90 Å². The van der Waals surface area contributed by atoms with Gasteiger partial charge in [-0.3, -0.25) is 14.7 Å². The van der Waals surface area contributed by atoms with E-state index < -0.39 is 11.7 Å². The molecule has 0 N–H and O–H groups in total. The van der Waals surface area contributed by atoms with Crippen molar-refractivity contribution in [1.29, 1.82) is 0 Å². The van der Waals surface area contributed by atoms with Crippen LogP contribution in [0.4, 0.5) is 13.2 Å². The van der Waals surface area contributed by atoms with E-state index in [4.69, 9.17) is 4.74 Å². The number of alkyl halides is 3. The van der Waals surface area contributed by atoms with Crippen LogP contribution < -0.4 is 0 Å². The molecule has 0 spiro atoms. The highest BCUT2D eigenvalue weighted by molar-refractivity contribution is 5.79. The summed E-state index contributed by atoms with van der Waals surface area (Å²) in [6, 6.07) is 2.09. The van der Waals surface area contributed by atoms with E-state index in [9.17, 15) is 18.0 Å². The quantitative estimate of drug-likeness (QED) is 0.618. The molecule has 2 atom stereocenters. The van der Waals surface area contributed by atoms with Crippen molar-refractivity contribution in [3.05, 3.63) is 29.1 Å². The fourth-order valence-electron chi connectivity index (χ4n) is 5.34. The smallest absolute Gasteiger partial charge is 0.381 e. The van der Waals surface area contributed by atoms with Gasteiger partial charge >= 0.3 is 6.18 Å².